The van der Waals surface area contributed by atoms with Gasteiger partial charge in [-0.3, -0.25) is 0 Å². The lowest BCUT2D eigenvalue weighted by Gasteiger charge is -2.17. The zero-order valence-electron chi connectivity index (χ0n) is 14.4. The second-order valence-electron chi connectivity index (χ2n) is 5.54. The summed E-state index contributed by atoms with van der Waals surface area (Å²) in [5.74, 6) is -0.758. The highest BCUT2D eigenvalue weighted by atomic mass is 16.5. The van der Waals surface area contributed by atoms with Crippen molar-refractivity contribution in [2.45, 2.75) is 33.2 Å². The summed E-state index contributed by atoms with van der Waals surface area (Å²) in [6, 6.07) is 7.06. The molecule has 0 spiro atoms. The van der Waals surface area contributed by atoms with Crippen molar-refractivity contribution < 1.29 is 19.1 Å². The summed E-state index contributed by atoms with van der Waals surface area (Å²) < 4.78 is 12.1. The van der Waals surface area contributed by atoms with Crippen LogP contribution in [0, 0.1) is 0 Å². The van der Waals surface area contributed by atoms with E-state index in [9.17, 15) is 9.59 Å². The lowest BCUT2D eigenvalue weighted by atomic mass is 10.1. The van der Waals surface area contributed by atoms with Crippen LogP contribution < -0.4 is 5.73 Å². The fourth-order valence-electron chi connectivity index (χ4n) is 2.77. The van der Waals surface area contributed by atoms with Gasteiger partial charge in [-0.05, 0) is 51.9 Å². The van der Waals surface area contributed by atoms with E-state index < -0.39 is 0 Å². The number of rotatable bonds is 7. The minimum Gasteiger partial charge on any atom is -0.462 e. The third-order valence-electron chi connectivity index (χ3n) is 3.86. The van der Waals surface area contributed by atoms with E-state index in [1.807, 2.05) is 17.6 Å². The van der Waals surface area contributed by atoms with E-state index in [0.717, 1.165) is 10.9 Å². The molecule has 1 aromatic carbocycles. The molecule has 0 bridgehead atoms. The number of nitrogens with zero attached hydrogens (tertiary/aromatic N) is 1. The van der Waals surface area contributed by atoms with Gasteiger partial charge in [-0.2, -0.15) is 0 Å². The zero-order valence-corrected chi connectivity index (χ0v) is 14.4. The van der Waals surface area contributed by atoms with Gasteiger partial charge < -0.3 is 19.8 Å². The fraction of sp³-hybridized carbons (Fsp3) is 0.444. The summed E-state index contributed by atoms with van der Waals surface area (Å²) in [5, 5.41) is 0.870. The van der Waals surface area contributed by atoms with Crippen molar-refractivity contribution in [2.24, 2.45) is 5.73 Å². The number of fused-ring (bicyclic) bond motifs is 1. The Kier molecular flexibility index (Phi) is 5.98. The van der Waals surface area contributed by atoms with Crippen molar-refractivity contribution in [1.29, 1.82) is 0 Å². The van der Waals surface area contributed by atoms with Gasteiger partial charge in [0.05, 0.1) is 18.8 Å². The SMILES string of the molecule is CCOC(=O)c1ccc2cc(C(=O)OCC)n(C(C)CCN)c2c1. The van der Waals surface area contributed by atoms with Crippen LogP contribution in [0.15, 0.2) is 24.3 Å². The first-order chi connectivity index (χ1) is 11.5. The van der Waals surface area contributed by atoms with Crippen LogP contribution in [0.25, 0.3) is 10.9 Å². The number of benzene rings is 1. The van der Waals surface area contributed by atoms with Gasteiger partial charge in [0.1, 0.15) is 5.69 Å². The average Bonchev–Trinajstić information content (AvgIpc) is 2.94. The Hall–Kier alpha value is -2.34. The van der Waals surface area contributed by atoms with E-state index in [0.29, 0.717) is 37.4 Å². The molecule has 0 aliphatic heterocycles. The van der Waals surface area contributed by atoms with Gasteiger partial charge >= 0.3 is 11.9 Å². The van der Waals surface area contributed by atoms with E-state index in [4.69, 9.17) is 15.2 Å². The summed E-state index contributed by atoms with van der Waals surface area (Å²) in [6.45, 7) is 6.65. The molecule has 0 radical (unpaired) electrons. The molecule has 0 saturated heterocycles. The second-order valence-corrected chi connectivity index (χ2v) is 5.54. The third-order valence-corrected chi connectivity index (χ3v) is 3.86. The highest BCUT2D eigenvalue weighted by Gasteiger charge is 2.21. The number of ether oxygens (including phenoxy) is 2. The molecule has 24 heavy (non-hydrogen) atoms. The number of aromatic nitrogens is 1. The van der Waals surface area contributed by atoms with E-state index in [1.54, 1.807) is 32.0 Å². The first-order valence-electron chi connectivity index (χ1n) is 8.22. The lowest BCUT2D eigenvalue weighted by Crippen LogP contribution is -2.17. The van der Waals surface area contributed by atoms with Gasteiger partial charge in [-0.25, -0.2) is 9.59 Å². The Labute approximate surface area is 141 Å². The molecule has 6 nitrogen and oxygen atoms in total. The summed E-state index contributed by atoms with van der Waals surface area (Å²) in [4.78, 5) is 24.3. The number of hydrogen-bond donors (Lipinski definition) is 1. The van der Waals surface area contributed by atoms with Crippen LogP contribution in [-0.2, 0) is 9.47 Å². The molecule has 0 aliphatic rings. The molecule has 6 heteroatoms. The van der Waals surface area contributed by atoms with Crippen molar-refractivity contribution in [3.63, 3.8) is 0 Å². The largest absolute Gasteiger partial charge is 0.462 e. The normalized spacial score (nSPS) is 12.2. The van der Waals surface area contributed by atoms with Crippen LogP contribution >= 0.6 is 0 Å². The van der Waals surface area contributed by atoms with Crippen LogP contribution in [0.3, 0.4) is 0 Å². The minimum atomic E-state index is -0.379. The van der Waals surface area contributed by atoms with Crippen LogP contribution in [0.2, 0.25) is 0 Å². The molecule has 1 atom stereocenters. The van der Waals surface area contributed by atoms with Crippen LogP contribution in [0.4, 0.5) is 0 Å². The first-order valence-corrected chi connectivity index (χ1v) is 8.22. The molecule has 2 aromatic rings. The molecule has 0 amide bonds. The summed E-state index contributed by atoms with van der Waals surface area (Å²) >= 11 is 0. The number of hydrogen-bond acceptors (Lipinski definition) is 5. The molecular formula is C18H24N2O4. The molecule has 0 saturated carbocycles. The number of nitrogens with two attached hydrogens (primary N) is 1. The van der Waals surface area contributed by atoms with Crippen molar-refractivity contribution in [1.82, 2.24) is 4.57 Å². The maximum absolute atomic E-state index is 12.3. The quantitative estimate of drug-likeness (QED) is 0.788. The Bertz CT molecular complexity index is 736. The molecule has 130 valence electrons. The smallest absolute Gasteiger partial charge is 0.354 e. The van der Waals surface area contributed by atoms with Crippen molar-refractivity contribution in [3.05, 3.63) is 35.5 Å². The Morgan fingerprint density at radius 1 is 1.12 bits per heavy atom. The Morgan fingerprint density at radius 2 is 1.79 bits per heavy atom. The summed E-state index contributed by atoms with van der Waals surface area (Å²) in [6.07, 6.45) is 0.708. The van der Waals surface area contributed by atoms with Crippen molar-refractivity contribution in [3.8, 4) is 0 Å². The van der Waals surface area contributed by atoms with Crippen molar-refractivity contribution >= 4 is 22.8 Å². The fourth-order valence-corrected chi connectivity index (χ4v) is 2.77. The van der Waals surface area contributed by atoms with E-state index in [2.05, 4.69) is 0 Å². The maximum Gasteiger partial charge on any atom is 0.354 e. The van der Waals surface area contributed by atoms with Crippen LogP contribution in [0.1, 0.15) is 54.1 Å². The average molecular weight is 332 g/mol. The van der Waals surface area contributed by atoms with Gasteiger partial charge in [0.2, 0.25) is 0 Å². The summed E-state index contributed by atoms with van der Waals surface area (Å²) in [7, 11) is 0. The van der Waals surface area contributed by atoms with Crippen LogP contribution in [-0.4, -0.2) is 36.3 Å². The Morgan fingerprint density at radius 3 is 2.42 bits per heavy atom. The summed E-state index contributed by atoms with van der Waals surface area (Å²) in [5.41, 5.74) is 7.40. The number of esters is 2. The predicted octanol–water partition coefficient (Wildman–Crippen LogP) is 2.90. The maximum atomic E-state index is 12.3. The molecule has 0 aliphatic carbocycles. The molecule has 1 unspecified atom stereocenters. The van der Waals surface area contributed by atoms with E-state index >= 15 is 0 Å². The highest BCUT2D eigenvalue weighted by Crippen LogP contribution is 2.27. The highest BCUT2D eigenvalue weighted by molar-refractivity contribution is 5.99. The third kappa shape index (κ3) is 3.59. The standard InChI is InChI=1S/C18H24N2O4/c1-4-23-17(21)14-7-6-13-10-16(18(22)24-5-2)20(15(13)11-14)12(3)8-9-19/h6-7,10-12H,4-5,8-9,19H2,1-3H3. The van der Waals surface area contributed by atoms with E-state index in [1.165, 1.54) is 0 Å². The van der Waals surface area contributed by atoms with Gasteiger partial charge in [0, 0.05) is 16.9 Å². The monoisotopic (exact) mass is 332 g/mol. The van der Waals surface area contributed by atoms with Gasteiger partial charge in [-0.15, -0.1) is 0 Å². The topological polar surface area (TPSA) is 83.6 Å². The van der Waals surface area contributed by atoms with Gasteiger partial charge in [0.15, 0.2) is 0 Å². The molecule has 1 aromatic heterocycles. The number of carbonyl (C=O) groups excluding carboxylic acids is 2. The van der Waals surface area contributed by atoms with Gasteiger partial charge in [0.25, 0.3) is 0 Å². The van der Waals surface area contributed by atoms with Gasteiger partial charge in [-0.1, -0.05) is 6.07 Å². The van der Waals surface area contributed by atoms with Crippen LogP contribution in [0.5, 0.6) is 0 Å². The zero-order chi connectivity index (χ0) is 17.7. The first kappa shape index (κ1) is 18.0. The molecular weight excluding hydrogens is 308 g/mol. The molecule has 2 rings (SSSR count). The second kappa shape index (κ2) is 7.97. The number of carbonyl (C=O) groups is 2. The predicted molar refractivity (Wildman–Crippen MR) is 92.2 cm³/mol. The van der Waals surface area contributed by atoms with Crippen molar-refractivity contribution in [2.75, 3.05) is 19.8 Å². The minimum absolute atomic E-state index is 0.00403. The molecule has 1 heterocycles. The van der Waals surface area contributed by atoms with E-state index in [-0.39, 0.29) is 18.0 Å². The Balaban J connectivity index is 2.59. The lowest BCUT2D eigenvalue weighted by molar-refractivity contribution is 0.0508. The molecule has 0 fully saturated rings. The molecule has 2 N–H and O–H groups in total.